The monoisotopic (exact) mass is 523 g/mol. The number of para-hydroxylation sites is 1. The van der Waals surface area contributed by atoms with E-state index in [1.807, 2.05) is 25.1 Å². The lowest BCUT2D eigenvalue weighted by Gasteiger charge is -2.15. The molecule has 0 aliphatic heterocycles. The number of hydrogen-bond acceptors (Lipinski definition) is 6. The van der Waals surface area contributed by atoms with E-state index in [2.05, 4.69) is 21.2 Å². The second-order valence-corrected chi connectivity index (χ2v) is 8.34. The molecule has 34 heavy (non-hydrogen) atoms. The second-order valence-electron chi connectivity index (χ2n) is 7.49. The van der Waals surface area contributed by atoms with Gasteiger partial charge in [-0.25, -0.2) is 0 Å². The Morgan fingerprint density at radius 1 is 1.00 bits per heavy atom. The van der Waals surface area contributed by atoms with Crippen molar-refractivity contribution < 1.29 is 23.4 Å². The van der Waals surface area contributed by atoms with Crippen molar-refractivity contribution in [3.05, 3.63) is 80.9 Å². The summed E-state index contributed by atoms with van der Waals surface area (Å²) in [6.45, 7) is 1.55. The standard InChI is InChI=1S/C26H22BrNO6/c1-15-7-6-8-17(11-15)28-22(29)14-33-26-23(30)18-9-4-5-10-20(18)34-24(26)16-12-19(27)25(32-3)21(13-16)31-2/h4-13H,14H2,1-3H3,(H,28,29). The van der Waals surface area contributed by atoms with Crippen molar-refractivity contribution in [2.45, 2.75) is 6.92 Å². The molecule has 0 unspecified atom stereocenters. The highest BCUT2D eigenvalue weighted by Gasteiger charge is 2.21. The third-order valence-electron chi connectivity index (χ3n) is 5.10. The number of nitrogens with one attached hydrogen (secondary N) is 1. The Morgan fingerprint density at radius 2 is 1.79 bits per heavy atom. The van der Waals surface area contributed by atoms with Crippen LogP contribution in [0.5, 0.6) is 17.2 Å². The fraction of sp³-hybridized carbons (Fsp3) is 0.154. The number of carbonyl (C=O) groups is 1. The van der Waals surface area contributed by atoms with E-state index < -0.39 is 5.91 Å². The maximum Gasteiger partial charge on any atom is 0.262 e. The molecule has 8 heteroatoms. The summed E-state index contributed by atoms with van der Waals surface area (Å²) in [6.07, 6.45) is 0. The van der Waals surface area contributed by atoms with Gasteiger partial charge in [0.05, 0.1) is 24.1 Å². The zero-order valence-corrected chi connectivity index (χ0v) is 20.4. The van der Waals surface area contributed by atoms with Crippen LogP contribution in [0.2, 0.25) is 0 Å². The van der Waals surface area contributed by atoms with Gasteiger partial charge in [0.25, 0.3) is 5.91 Å². The van der Waals surface area contributed by atoms with Gasteiger partial charge >= 0.3 is 0 Å². The van der Waals surface area contributed by atoms with Crippen molar-refractivity contribution in [3.8, 4) is 28.6 Å². The van der Waals surface area contributed by atoms with E-state index >= 15 is 0 Å². The number of methoxy groups -OCH3 is 2. The van der Waals surface area contributed by atoms with Crippen molar-refractivity contribution in [1.82, 2.24) is 0 Å². The van der Waals surface area contributed by atoms with Gasteiger partial charge in [-0.2, -0.15) is 0 Å². The minimum atomic E-state index is -0.405. The topological polar surface area (TPSA) is 87.0 Å². The lowest BCUT2D eigenvalue weighted by molar-refractivity contribution is -0.118. The summed E-state index contributed by atoms with van der Waals surface area (Å²) < 4.78 is 23.2. The fourth-order valence-corrected chi connectivity index (χ4v) is 4.16. The zero-order valence-electron chi connectivity index (χ0n) is 18.8. The predicted molar refractivity (Wildman–Crippen MR) is 134 cm³/mol. The Balaban J connectivity index is 1.75. The number of carbonyl (C=O) groups excluding carboxylic acids is 1. The number of fused-ring (bicyclic) bond motifs is 1. The highest BCUT2D eigenvalue weighted by molar-refractivity contribution is 9.10. The molecule has 0 aliphatic carbocycles. The van der Waals surface area contributed by atoms with E-state index in [-0.39, 0.29) is 23.5 Å². The fourth-order valence-electron chi connectivity index (χ4n) is 3.55. The molecule has 1 N–H and O–H groups in total. The molecule has 0 saturated carbocycles. The van der Waals surface area contributed by atoms with Crippen LogP contribution >= 0.6 is 15.9 Å². The molecule has 0 aliphatic rings. The van der Waals surface area contributed by atoms with Gasteiger partial charge in [-0.3, -0.25) is 9.59 Å². The highest BCUT2D eigenvalue weighted by atomic mass is 79.9. The molecule has 3 aromatic carbocycles. The number of rotatable bonds is 7. The Bertz CT molecular complexity index is 1430. The van der Waals surface area contributed by atoms with Crippen molar-refractivity contribution in [2.24, 2.45) is 0 Å². The van der Waals surface area contributed by atoms with E-state index in [0.717, 1.165) is 5.56 Å². The number of amides is 1. The molecular formula is C26H22BrNO6. The summed E-state index contributed by atoms with van der Waals surface area (Å²) in [5, 5.41) is 3.12. The van der Waals surface area contributed by atoms with Crippen molar-refractivity contribution in [1.29, 1.82) is 0 Å². The molecule has 0 fully saturated rings. The first-order chi connectivity index (χ1) is 16.4. The molecule has 4 rings (SSSR count). The van der Waals surface area contributed by atoms with E-state index in [0.29, 0.717) is 38.2 Å². The molecule has 0 spiro atoms. The van der Waals surface area contributed by atoms with Crippen LogP contribution in [0.4, 0.5) is 5.69 Å². The zero-order chi connectivity index (χ0) is 24.2. The molecule has 0 bridgehead atoms. The average Bonchev–Trinajstić information content (AvgIpc) is 2.82. The van der Waals surface area contributed by atoms with Crippen LogP contribution in [0.15, 0.2) is 74.3 Å². The molecule has 174 valence electrons. The maximum absolute atomic E-state index is 13.3. The highest BCUT2D eigenvalue weighted by Crippen LogP contribution is 2.41. The van der Waals surface area contributed by atoms with Crippen molar-refractivity contribution >= 4 is 38.5 Å². The molecule has 4 aromatic rings. The van der Waals surface area contributed by atoms with Gasteiger partial charge in [-0.1, -0.05) is 24.3 Å². The van der Waals surface area contributed by atoms with Crippen LogP contribution in [-0.4, -0.2) is 26.7 Å². The van der Waals surface area contributed by atoms with E-state index in [9.17, 15) is 9.59 Å². The summed E-state index contributed by atoms with van der Waals surface area (Å²) in [7, 11) is 3.04. The quantitative estimate of drug-likeness (QED) is 0.341. The Kier molecular flexibility index (Phi) is 6.88. The normalized spacial score (nSPS) is 10.7. The third-order valence-corrected chi connectivity index (χ3v) is 5.69. The SMILES string of the molecule is COc1cc(-c2oc3ccccc3c(=O)c2OCC(=O)Nc2cccc(C)c2)cc(Br)c1OC. The first-order valence-corrected chi connectivity index (χ1v) is 11.2. The van der Waals surface area contributed by atoms with Crippen LogP contribution in [0.1, 0.15) is 5.56 Å². The van der Waals surface area contributed by atoms with Gasteiger partial charge < -0.3 is 23.9 Å². The lowest BCUT2D eigenvalue weighted by Crippen LogP contribution is -2.22. The molecule has 0 saturated heterocycles. The second kappa shape index (κ2) is 10.0. The van der Waals surface area contributed by atoms with E-state index in [1.54, 1.807) is 42.5 Å². The van der Waals surface area contributed by atoms with Crippen molar-refractivity contribution in [3.63, 3.8) is 0 Å². The molecule has 1 amide bonds. The number of ether oxygens (including phenoxy) is 3. The van der Waals surface area contributed by atoms with Gasteiger partial charge in [0, 0.05) is 11.3 Å². The number of benzene rings is 3. The van der Waals surface area contributed by atoms with Crippen LogP contribution < -0.4 is 25.0 Å². The Hall–Kier alpha value is -3.78. The van der Waals surface area contributed by atoms with Gasteiger partial charge in [0.15, 0.2) is 23.9 Å². The molecule has 1 aromatic heterocycles. The van der Waals surface area contributed by atoms with Gasteiger partial charge in [0.2, 0.25) is 11.2 Å². The minimum absolute atomic E-state index is 0.0720. The minimum Gasteiger partial charge on any atom is -0.493 e. The van der Waals surface area contributed by atoms with Gasteiger partial charge in [-0.05, 0) is 64.8 Å². The van der Waals surface area contributed by atoms with E-state index in [4.69, 9.17) is 18.6 Å². The number of hydrogen-bond donors (Lipinski definition) is 1. The smallest absolute Gasteiger partial charge is 0.262 e. The van der Waals surface area contributed by atoms with Crippen LogP contribution in [-0.2, 0) is 4.79 Å². The Morgan fingerprint density at radius 3 is 2.53 bits per heavy atom. The average molecular weight is 524 g/mol. The largest absolute Gasteiger partial charge is 0.493 e. The third kappa shape index (κ3) is 4.77. The summed E-state index contributed by atoms with van der Waals surface area (Å²) in [6, 6.07) is 17.7. The summed E-state index contributed by atoms with van der Waals surface area (Å²) in [4.78, 5) is 25.9. The predicted octanol–water partition coefficient (Wildman–Crippen LogP) is 5.57. The number of aryl methyl sites for hydroxylation is 1. The lowest BCUT2D eigenvalue weighted by atomic mass is 10.1. The molecule has 0 radical (unpaired) electrons. The van der Waals surface area contributed by atoms with E-state index in [1.165, 1.54) is 14.2 Å². The van der Waals surface area contributed by atoms with Gasteiger partial charge in [0.1, 0.15) is 5.58 Å². The number of anilines is 1. The summed E-state index contributed by atoms with van der Waals surface area (Å²) >= 11 is 3.46. The van der Waals surface area contributed by atoms with Gasteiger partial charge in [-0.15, -0.1) is 0 Å². The molecule has 1 heterocycles. The van der Waals surface area contributed by atoms with Crippen LogP contribution in [0.3, 0.4) is 0 Å². The van der Waals surface area contributed by atoms with Crippen LogP contribution in [0.25, 0.3) is 22.3 Å². The molecular weight excluding hydrogens is 502 g/mol. The number of halogens is 1. The summed E-state index contributed by atoms with van der Waals surface area (Å²) in [5.74, 6) is 0.628. The van der Waals surface area contributed by atoms with Crippen molar-refractivity contribution in [2.75, 3.05) is 26.1 Å². The first kappa shape index (κ1) is 23.4. The molecule has 0 atom stereocenters. The first-order valence-electron chi connectivity index (χ1n) is 10.4. The summed E-state index contributed by atoms with van der Waals surface area (Å²) in [5.41, 5.74) is 2.18. The molecule has 7 nitrogen and oxygen atoms in total. The maximum atomic E-state index is 13.3. The Labute approximate surface area is 204 Å². The van der Waals surface area contributed by atoms with Crippen LogP contribution in [0, 0.1) is 6.92 Å².